The van der Waals surface area contributed by atoms with E-state index in [9.17, 15) is 4.79 Å². The Kier molecular flexibility index (Phi) is 5.49. The van der Waals surface area contributed by atoms with E-state index in [2.05, 4.69) is 22.1 Å². The van der Waals surface area contributed by atoms with Gasteiger partial charge in [0.15, 0.2) is 0 Å². The first-order valence-corrected chi connectivity index (χ1v) is 6.52. The Hall–Kier alpha value is -1.21. The molecule has 1 N–H and O–H groups in total. The van der Waals surface area contributed by atoms with Crippen molar-refractivity contribution in [2.75, 3.05) is 19.6 Å². The van der Waals surface area contributed by atoms with Gasteiger partial charge < -0.3 is 10.1 Å². The predicted octanol–water partition coefficient (Wildman–Crippen LogP) is 2.00. The molecule has 0 unspecified atom stereocenters. The highest BCUT2D eigenvalue weighted by Gasteiger charge is 2.23. The van der Waals surface area contributed by atoms with Gasteiger partial charge in [-0.3, -0.25) is 4.90 Å². The van der Waals surface area contributed by atoms with Gasteiger partial charge in [-0.2, -0.15) is 0 Å². The summed E-state index contributed by atoms with van der Waals surface area (Å²) < 4.78 is 5.26. The minimum Gasteiger partial charge on any atom is -0.444 e. The lowest BCUT2D eigenvalue weighted by Gasteiger charge is -2.32. The molecule has 1 heterocycles. The molecular weight excluding hydrogens is 228 g/mol. The standard InChI is InChI=1S/C14H24N2O2/c1-5-6-9-16-10-7-8-12(11-16)15-13(17)18-14(2,3)4/h12H,7-11H2,1-4H3,(H,15,17)/t12-/m1/s1. The third-order valence-electron chi connectivity index (χ3n) is 2.71. The second-order valence-electron chi connectivity index (χ2n) is 5.65. The molecule has 0 radical (unpaired) electrons. The fourth-order valence-corrected chi connectivity index (χ4v) is 1.98. The van der Waals surface area contributed by atoms with Gasteiger partial charge in [-0.05, 0) is 47.1 Å². The smallest absolute Gasteiger partial charge is 0.407 e. The van der Waals surface area contributed by atoms with E-state index in [1.54, 1.807) is 0 Å². The van der Waals surface area contributed by atoms with E-state index < -0.39 is 5.60 Å². The molecule has 4 heteroatoms. The van der Waals surface area contributed by atoms with Crippen molar-refractivity contribution in [2.24, 2.45) is 0 Å². The van der Waals surface area contributed by atoms with Gasteiger partial charge >= 0.3 is 6.09 Å². The molecular formula is C14H24N2O2. The van der Waals surface area contributed by atoms with Gasteiger partial charge in [-0.15, -0.1) is 5.92 Å². The second kappa shape index (κ2) is 6.65. The molecule has 1 amide bonds. The first-order chi connectivity index (χ1) is 8.40. The van der Waals surface area contributed by atoms with Crippen LogP contribution in [0.15, 0.2) is 0 Å². The molecule has 102 valence electrons. The van der Waals surface area contributed by atoms with Gasteiger partial charge in [0.05, 0.1) is 6.54 Å². The van der Waals surface area contributed by atoms with E-state index in [0.29, 0.717) is 0 Å². The maximum Gasteiger partial charge on any atom is 0.407 e. The highest BCUT2D eigenvalue weighted by Crippen LogP contribution is 2.11. The lowest BCUT2D eigenvalue weighted by atomic mass is 10.1. The van der Waals surface area contributed by atoms with Crippen molar-refractivity contribution >= 4 is 6.09 Å². The molecule has 1 rings (SSSR count). The molecule has 0 spiro atoms. The number of carbonyl (C=O) groups is 1. The summed E-state index contributed by atoms with van der Waals surface area (Å²) in [6.07, 6.45) is 1.78. The zero-order valence-corrected chi connectivity index (χ0v) is 11.9. The Balaban J connectivity index is 2.37. The molecule has 1 aliphatic rings. The van der Waals surface area contributed by atoms with Crippen LogP contribution in [0.3, 0.4) is 0 Å². The summed E-state index contributed by atoms with van der Waals surface area (Å²) in [5.74, 6) is 5.96. The number of ether oxygens (including phenoxy) is 1. The Bertz CT molecular complexity index is 336. The highest BCUT2D eigenvalue weighted by molar-refractivity contribution is 5.68. The number of hydrogen-bond acceptors (Lipinski definition) is 3. The molecule has 0 saturated carbocycles. The SMILES string of the molecule is CC#CCN1CCC[C@@H](NC(=O)OC(C)(C)C)C1. The van der Waals surface area contributed by atoms with E-state index >= 15 is 0 Å². The second-order valence-corrected chi connectivity index (χ2v) is 5.65. The summed E-state index contributed by atoms with van der Waals surface area (Å²) in [6.45, 7) is 10.2. The predicted molar refractivity (Wildman–Crippen MR) is 72.3 cm³/mol. The van der Waals surface area contributed by atoms with Crippen molar-refractivity contribution in [1.82, 2.24) is 10.2 Å². The molecule has 1 saturated heterocycles. The molecule has 1 aliphatic heterocycles. The summed E-state index contributed by atoms with van der Waals surface area (Å²) in [6, 6.07) is 0.173. The Labute approximate surface area is 110 Å². The minimum atomic E-state index is -0.438. The molecule has 1 atom stereocenters. The first kappa shape index (κ1) is 14.8. The van der Waals surface area contributed by atoms with Crippen LogP contribution < -0.4 is 5.32 Å². The van der Waals surface area contributed by atoms with Crippen molar-refractivity contribution in [3.8, 4) is 11.8 Å². The molecule has 0 aromatic heterocycles. The van der Waals surface area contributed by atoms with E-state index in [-0.39, 0.29) is 12.1 Å². The van der Waals surface area contributed by atoms with Crippen LogP contribution >= 0.6 is 0 Å². The van der Waals surface area contributed by atoms with Crippen molar-refractivity contribution in [3.63, 3.8) is 0 Å². The number of likely N-dealkylation sites (tertiary alicyclic amines) is 1. The fraction of sp³-hybridized carbons (Fsp3) is 0.786. The third-order valence-corrected chi connectivity index (χ3v) is 2.71. The van der Waals surface area contributed by atoms with Gasteiger partial charge in [0, 0.05) is 12.6 Å². The summed E-state index contributed by atoms with van der Waals surface area (Å²) in [4.78, 5) is 13.9. The van der Waals surface area contributed by atoms with Crippen LogP contribution in [0, 0.1) is 11.8 Å². The highest BCUT2D eigenvalue weighted by atomic mass is 16.6. The fourth-order valence-electron chi connectivity index (χ4n) is 1.98. The topological polar surface area (TPSA) is 41.6 Å². The van der Waals surface area contributed by atoms with Crippen LogP contribution in [0.4, 0.5) is 4.79 Å². The summed E-state index contributed by atoms with van der Waals surface area (Å²) in [5, 5.41) is 2.93. The van der Waals surface area contributed by atoms with Gasteiger partial charge in [0.1, 0.15) is 5.60 Å². The molecule has 4 nitrogen and oxygen atoms in total. The van der Waals surface area contributed by atoms with E-state index in [1.165, 1.54) is 0 Å². The molecule has 0 bridgehead atoms. The molecule has 1 fully saturated rings. The van der Waals surface area contributed by atoms with Crippen LogP contribution in [-0.2, 0) is 4.74 Å². The van der Waals surface area contributed by atoms with E-state index in [4.69, 9.17) is 4.74 Å². The van der Waals surface area contributed by atoms with E-state index in [0.717, 1.165) is 32.5 Å². The number of nitrogens with one attached hydrogen (secondary N) is 1. The largest absolute Gasteiger partial charge is 0.444 e. The van der Waals surface area contributed by atoms with Gasteiger partial charge in [0.2, 0.25) is 0 Å². The van der Waals surface area contributed by atoms with Gasteiger partial charge in [-0.1, -0.05) is 5.92 Å². The Morgan fingerprint density at radius 1 is 1.50 bits per heavy atom. The number of rotatable bonds is 2. The van der Waals surface area contributed by atoms with Crippen LogP contribution in [0.25, 0.3) is 0 Å². The average Bonchev–Trinajstić information content (AvgIpc) is 2.24. The zero-order chi connectivity index (χ0) is 13.6. The maximum atomic E-state index is 11.7. The number of piperidine rings is 1. The third kappa shape index (κ3) is 5.92. The number of alkyl carbamates (subject to hydrolysis) is 1. The maximum absolute atomic E-state index is 11.7. The zero-order valence-electron chi connectivity index (χ0n) is 11.9. The molecule has 18 heavy (non-hydrogen) atoms. The first-order valence-electron chi connectivity index (χ1n) is 6.52. The van der Waals surface area contributed by atoms with Crippen LogP contribution in [0.5, 0.6) is 0 Å². The van der Waals surface area contributed by atoms with Crippen LogP contribution in [0.2, 0.25) is 0 Å². The lowest BCUT2D eigenvalue weighted by molar-refractivity contribution is 0.0476. The summed E-state index contributed by atoms with van der Waals surface area (Å²) >= 11 is 0. The van der Waals surface area contributed by atoms with Crippen molar-refractivity contribution < 1.29 is 9.53 Å². The number of nitrogens with zero attached hydrogens (tertiary/aromatic N) is 1. The number of hydrogen-bond donors (Lipinski definition) is 1. The number of amides is 1. The van der Waals surface area contributed by atoms with E-state index in [1.807, 2.05) is 27.7 Å². The Morgan fingerprint density at radius 2 is 2.22 bits per heavy atom. The van der Waals surface area contributed by atoms with Gasteiger partial charge in [-0.25, -0.2) is 4.79 Å². The van der Waals surface area contributed by atoms with Crippen LogP contribution in [0.1, 0.15) is 40.5 Å². The van der Waals surface area contributed by atoms with Crippen molar-refractivity contribution in [2.45, 2.75) is 52.2 Å². The minimum absolute atomic E-state index is 0.173. The quantitative estimate of drug-likeness (QED) is 0.764. The Morgan fingerprint density at radius 3 is 2.83 bits per heavy atom. The number of carbonyl (C=O) groups excluding carboxylic acids is 1. The average molecular weight is 252 g/mol. The normalized spacial score (nSPS) is 20.8. The summed E-state index contributed by atoms with van der Waals surface area (Å²) in [7, 11) is 0. The summed E-state index contributed by atoms with van der Waals surface area (Å²) in [5.41, 5.74) is -0.438. The van der Waals surface area contributed by atoms with Gasteiger partial charge in [0.25, 0.3) is 0 Å². The molecule has 0 aliphatic carbocycles. The van der Waals surface area contributed by atoms with Crippen molar-refractivity contribution in [3.05, 3.63) is 0 Å². The molecule has 0 aromatic rings. The van der Waals surface area contributed by atoms with Crippen molar-refractivity contribution in [1.29, 1.82) is 0 Å². The monoisotopic (exact) mass is 252 g/mol. The molecule has 0 aromatic carbocycles. The van der Waals surface area contributed by atoms with Crippen LogP contribution in [-0.4, -0.2) is 42.3 Å². The lowest BCUT2D eigenvalue weighted by Crippen LogP contribution is -2.48.